The van der Waals surface area contributed by atoms with E-state index in [4.69, 9.17) is 4.42 Å². The lowest BCUT2D eigenvalue weighted by molar-refractivity contribution is -0.402. The molecule has 0 N–H and O–H groups in total. The average Bonchev–Trinajstić information content (AvgIpc) is 3.22. The lowest BCUT2D eigenvalue weighted by Gasteiger charge is -2.05. The Bertz CT molecular complexity index is 871. The maximum absolute atomic E-state index is 10.6. The first-order chi connectivity index (χ1) is 11.7. The second-order valence-electron chi connectivity index (χ2n) is 4.77. The summed E-state index contributed by atoms with van der Waals surface area (Å²) in [4.78, 5) is 10.0. The minimum absolute atomic E-state index is 0.275. The molecule has 3 rings (SSSR count). The van der Waals surface area contributed by atoms with Gasteiger partial charge in [-0.3, -0.25) is 10.1 Å². The van der Waals surface area contributed by atoms with Crippen molar-refractivity contribution in [3.63, 3.8) is 0 Å². The smallest absolute Gasteiger partial charge is 0.401 e. The van der Waals surface area contributed by atoms with Gasteiger partial charge in [0.1, 0.15) is 10.7 Å². The van der Waals surface area contributed by atoms with E-state index in [1.165, 1.54) is 17.8 Å². The van der Waals surface area contributed by atoms with Gasteiger partial charge in [-0.25, -0.2) is 0 Å². The van der Waals surface area contributed by atoms with Crippen LogP contribution in [0.3, 0.4) is 0 Å². The highest BCUT2D eigenvalue weighted by Crippen LogP contribution is 2.25. The Kier molecular flexibility index (Phi) is 4.76. The number of benzene rings is 1. The molecule has 0 radical (unpaired) electrons. The second kappa shape index (κ2) is 7.14. The lowest BCUT2D eigenvalue weighted by atomic mass is 10.2. The van der Waals surface area contributed by atoms with Crippen molar-refractivity contribution in [1.29, 1.82) is 0 Å². The first kappa shape index (κ1) is 16.0. The minimum Gasteiger partial charge on any atom is -0.401 e. The van der Waals surface area contributed by atoms with Crippen LogP contribution in [0.5, 0.6) is 0 Å². The van der Waals surface area contributed by atoms with Crippen molar-refractivity contribution < 1.29 is 9.34 Å². The summed E-state index contributed by atoms with van der Waals surface area (Å²) < 4.78 is 7.08. The van der Waals surface area contributed by atoms with Gasteiger partial charge in [-0.1, -0.05) is 42.1 Å². The molecule has 0 aliphatic rings. The van der Waals surface area contributed by atoms with E-state index in [0.717, 1.165) is 23.1 Å². The molecule has 1 aromatic carbocycles. The van der Waals surface area contributed by atoms with Gasteiger partial charge < -0.3 is 8.98 Å². The summed E-state index contributed by atoms with van der Waals surface area (Å²) in [6.45, 7) is 2.76. The highest BCUT2D eigenvalue weighted by Gasteiger charge is 2.12. The molecule has 0 saturated heterocycles. The molecule has 0 spiro atoms. The second-order valence-corrected chi connectivity index (χ2v) is 5.64. The molecule has 0 bridgehead atoms. The molecule has 8 heteroatoms. The van der Waals surface area contributed by atoms with Crippen LogP contribution in [0.15, 0.2) is 57.4 Å². The van der Waals surface area contributed by atoms with Crippen LogP contribution in [-0.2, 0) is 6.54 Å². The van der Waals surface area contributed by atoms with Crippen LogP contribution in [-0.4, -0.2) is 19.7 Å². The van der Waals surface area contributed by atoms with Gasteiger partial charge in [0.2, 0.25) is 0 Å². The molecular weight excluding hydrogens is 328 g/mol. The first-order valence-electron chi connectivity index (χ1n) is 7.25. The third kappa shape index (κ3) is 3.38. The van der Waals surface area contributed by atoms with Crippen molar-refractivity contribution in [2.45, 2.75) is 18.6 Å². The molecule has 24 heavy (non-hydrogen) atoms. The maximum atomic E-state index is 10.6. The van der Waals surface area contributed by atoms with Gasteiger partial charge in [0, 0.05) is 12.1 Å². The van der Waals surface area contributed by atoms with Crippen molar-refractivity contribution in [2.24, 2.45) is 0 Å². The Balaban J connectivity index is 1.77. The molecule has 0 atom stereocenters. The fourth-order valence-corrected chi connectivity index (χ4v) is 2.91. The zero-order valence-electron chi connectivity index (χ0n) is 12.8. The monoisotopic (exact) mass is 342 g/mol. The van der Waals surface area contributed by atoms with Gasteiger partial charge >= 0.3 is 5.88 Å². The standard InChI is InChI=1S/C16H14N4O3S/c1-2-19-15(12-6-4-3-5-7-12)17-18-16(19)24-11-10-13-8-9-14(23-13)20(21)22/h3-11H,2H2,1H3/b11-10+. The van der Waals surface area contributed by atoms with Gasteiger partial charge in [-0.15, -0.1) is 10.2 Å². The molecule has 2 heterocycles. The summed E-state index contributed by atoms with van der Waals surface area (Å²) in [5.41, 5.74) is 1.00. The SMILES string of the molecule is CCn1c(S/C=C/c2ccc([N+](=O)[O-])o2)nnc1-c1ccccc1. The van der Waals surface area contributed by atoms with Crippen LogP contribution in [0.2, 0.25) is 0 Å². The van der Waals surface area contributed by atoms with Crippen LogP contribution in [0.4, 0.5) is 5.88 Å². The maximum Gasteiger partial charge on any atom is 0.433 e. The molecule has 0 aliphatic heterocycles. The Labute approximate surface area is 142 Å². The van der Waals surface area contributed by atoms with E-state index >= 15 is 0 Å². The number of furan rings is 1. The summed E-state index contributed by atoms with van der Waals surface area (Å²) in [5, 5.41) is 21.6. The first-order valence-corrected chi connectivity index (χ1v) is 8.13. The predicted octanol–water partition coefficient (Wildman–Crippen LogP) is 4.23. The van der Waals surface area contributed by atoms with E-state index in [1.807, 2.05) is 41.8 Å². The molecule has 0 aliphatic carbocycles. The fraction of sp³-hybridized carbons (Fsp3) is 0.125. The van der Waals surface area contributed by atoms with Gasteiger partial charge in [0.15, 0.2) is 11.0 Å². The highest BCUT2D eigenvalue weighted by atomic mass is 32.2. The molecule has 0 fully saturated rings. The molecule has 0 saturated carbocycles. The molecule has 0 unspecified atom stereocenters. The highest BCUT2D eigenvalue weighted by molar-refractivity contribution is 8.02. The number of thioether (sulfide) groups is 1. The normalized spacial score (nSPS) is 11.2. The quantitative estimate of drug-likeness (QED) is 0.378. The van der Waals surface area contributed by atoms with Crippen molar-refractivity contribution in [1.82, 2.24) is 14.8 Å². The van der Waals surface area contributed by atoms with Crippen molar-refractivity contribution in [3.05, 3.63) is 63.7 Å². The number of aromatic nitrogens is 3. The van der Waals surface area contributed by atoms with E-state index in [2.05, 4.69) is 10.2 Å². The minimum atomic E-state index is -0.565. The van der Waals surface area contributed by atoms with E-state index in [1.54, 1.807) is 17.6 Å². The van der Waals surface area contributed by atoms with Crippen LogP contribution in [0, 0.1) is 10.1 Å². The number of hydrogen-bond acceptors (Lipinski definition) is 6. The largest absolute Gasteiger partial charge is 0.433 e. The van der Waals surface area contributed by atoms with Gasteiger partial charge in [0.05, 0.1) is 6.07 Å². The van der Waals surface area contributed by atoms with Crippen LogP contribution in [0.1, 0.15) is 12.7 Å². The average molecular weight is 342 g/mol. The van der Waals surface area contributed by atoms with E-state index in [0.29, 0.717) is 5.76 Å². The summed E-state index contributed by atoms with van der Waals surface area (Å²) in [6.07, 6.45) is 1.66. The van der Waals surface area contributed by atoms with E-state index < -0.39 is 4.92 Å². The molecule has 2 aromatic heterocycles. The number of rotatable bonds is 6. The van der Waals surface area contributed by atoms with E-state index in [-0.39, 0.29) is 5.88 Å². The number of nitrogens with zero attached hydrogens (tertiary/aromatic N) is 4. The van der Waals surface area contributed by atoms with Gasteiger partial charge in [-0.05, 0) is 24.5 Å². The predicted molar refractivity (Wildman–Crippen MR) is 91.4 cm³/mol. The van der Waals surface area contributed by atoms with Crippen molar-refractivity contribution >= 4 is 23.7 Å². The summed E-state index contributed by atoms with van der Waals surface area (Å²) in [7, 11) is 0. The molecule has 7 nitrogen and oxygen atoms in total. The third-order valence-electron chi connectivity index (χ3n) is 3.26. The number of hydrogen-bond donors (Lipinski definition) is 0. The zero-order chi connectivity index (χ0) is 16.9. The summed E-state index contributed by atoms with van der Waals surface area (Å²) >= 11 is 1.38. The Morgan fingerprint density at radius 2 is 2.04 bits per heavy atom. The zero-order valence-corrected chi connectivity index (χ0v) is 13.6. The van der Waals surface area contributed by atoms with Crippen LogP contribution >= 0.6 is 11.8 Å². The Morgan fingerprint density at radius 3 is 2.71 bits per heavy atom. The molecule has 122 valence electrons. The Morgan fingerprint density at radius 1 is 1.25 bits per heavy atom. The number of nitro groups is 1. The summed E-state index contributed by atoms with van der Waals surface area (Å²) in [6, 6.07) is 12.7. The topological polar surface area (TPSA) is 87.0 Å². The van der Waals surface area contributed by atoms with E-state index in [9.17, 15) is 10.1 Å². The molecule has 0 amide bonds. The van der Waals surface area contributed by atoms with Gasteiger partial charge in [0.25, 0.3) is 0 Å². The lowest BCUT2D eigenvalue weighted by Crippen LogP contribution is -1.98. The Hall–Kier alpha value is -2.87. The fourth-order valence-electron chi connectivity index (χ4n) is 2.15. The van der Waals surface area contributed by atoms with Crippen molar-refractivity contribution in [3.8, 4) is 11.4 Å². The molecule has 3 aromatic rings. The third-order valence-corrected chi connectivity index (χ3v) is 4.05. The van der Waals surface area contributed by atoms with Crippen LogP contribution < -0.4 is 0 Å². The molecular formula is C16H14N4O3S. The summed E-state index contributed by atoms with van der Waals surface area (Å²) in [5.74, 6) is 0.949. The van der Waals surface area contributed by atoms with Gasteiger partial charge in [-0.2, -0.15) is 0 Å². The van der Waals surface area contributed by atoms with Crippen molar-refractivity contribution in [2.75, 3.05) is 0 Å². The van der Waals surface area contributed by atoms with Crippen LogP contribution in [0.25, 0.3) is 17.5 Å².